The molecule has 4 nitrogen and oxygen atoms in total. The Kier molecular flexibility index (Phi) is 6.82. The first kappa shape index (κ1) is 18.0. The smallest absolute Gasteiger partial charge is 0.407 e. The van der Waals surface area contributed by atoms with Crippen LogP contribution in [0.15, 0.2) is 54.6 Å². The fourth-order valence-electron chi connectivity index (χ4n) is 2.47. The van der Waals surface area contributed by atoms with E-state index in [9.17, 15) is 9.90 Å². The molecule has 0 aliphatic carbocycles. The first-order valence-electron chi connectivity index (χ1n) is 8.28. The van der Waals surface area contributed by atoms with Crippen LogP contribution in [0.1, 0.15) is 48.9 Å². The standard InChI is InChI=1S/C20H25NO3/c1-15(2)17-8-10-18(11-9-17)19(12-13-22)21-20(23)24-14-16-6-4-3-5-7-16/h3-11,15,19,22H,12-14H2,1-2H3,(H,21,23). The summed E-state index contributed by atoms with van der Waals surface area (Å²) in [7, 11) is 0. The van der Waals surface area contributed by atoms with Crippen LogP contribution in [-0.4, -0.2) is 17.8 Å². The van der Waals surface area contributed by atoms with Crippen molar-refractivity contribution in [1.82, 2.24) is 5.32 Å². The number of carbonyl (C=O) groups is 1. The first-order valence-corrected chi connectivity index (χ1v) is 8.28. The van der Waals surface area contributed by atoms with Gasteiger partial charge in [0.05, 0.1) is 6.04 Å². The number of rotatable bonds is 7. The van der Waals surface area contributed by atoms with Crippen molar-refractivity contribution in [3.8, 4) is 0 Å². The Balaban J connectivity index is 1.95. The zero-order chi connectivity index (χ0) is 17.4. The van der Waals surface area contributed by atoms with Gasteiger partial charge in [-0.2, -0.15) is 0 Å². The van der Waals surface area contributed by atoms with Gasteiger partial charge in [0.25, 0.3) is 0 Å². The Hall–Kier alpha value is -2.33. The topological polar surface area (TPSA) is 58.6 Å². The van der Waals surface area contributed by atoms with Gasteiger partial charge < -0.3 is 15.2 Å². The van der Waals surface area contributed by atoms with E-state index in [4.69, 9.17) is 4.74 Å². The van der Waals surface area contributed by atoms with Gasteiger partial charge in [-0.1, -0.05) is 68.4 Å². The summed E-state index contributed by atoms with van der Waals surface area (Å²) in [6, 6.07) is 17.4. The van der Waals surface area contributed by atoms with E-state index < -0.39 is 6.09 Å². The lowest BCUT2D eigenvalue weighted by atomic mass is 9.98. The van der Waals surface area contributed by atoms with Crippen molar-refractivity contribution in [2.45, 2.75) is 38.8 Å². The van der Waals surface area contributed by atoms with Gasteiger partial charge in [-0.25, -0.2) is 4.79 Å². The van der Waals surface area contributed by atoms with Gasteiger partial charge in [0.15, 0.2) is 0 Å². The maximum atomic E-state index is 12.0. The second-order valence-electron chi connectivity index (χ2n) is 6.09. The van der Waals surface area contributed by atoms with E-state index in [-0.39, 0.29) is 19.3 Å². The number of nitrogens with one attached hydrogen (secondary N) is 1. The van der Waals surface area contributed by atoms with Crippen molar-refractivity contribution in [3.05, 3.63) is 71.3 Å². The van der Waals surface area contributed by atoms with Crippen LogP contribution in [0.25, 0.3) is 0 Å². The summed E-state index contributed by atoms with van der Waals surface area (Å²) in [6.45, 7) is 4.50. The largest absolute Gasteiger partial charge is 0.445 e. The molecule has 0 saturated carbocycles. The number of alkyl carbamates (subject to hydrolysis) is 1. The lowest BCUT2D eigenvalue weighted by molar-refractivity contribution is 0.133. The van der Waals surface area contributed by atoms with Gasteiger partial charge in [0.2, 0.25) is 0 Å². The molecule has 0 bridgehead atoms. The Bertz CT molecular complexity index is 623. The highest BCUT2D eigenvalue weighted by Crippen LogP contribution is 2.21. The second kappa shape index (κ2) is 9.08. The van der Waals surface area contributed by atoms with Crippen molar-refractivity contribution < 1.29 is 14.6 Å². The van der Waals surface area contributed by atoms with E-state index >= 15 is 0 Å². The molecule has 128 valence electrons. The summed E-state index contributed by atoms with van der Waals surface area (Å²) in [6.07, 6.45) is -0.0354. The summed E-state index contributed by atoms with van der Waals surface area (Å²) in [5, 5.41) is 12.1. The molecule has 0 aliphatic heterocycles. The molecule has 1 amide bonds. The number of amides is 1. The van der Waals surface area contributed by atoms with Gasteiger partial charge in [0, 0.05) is 6.61 Å². The lowest BCUT2D eigenvalue weighted by Crippen LogP contribution is -2.29. The molecule has 4 heteroatoms. The summed E-state index contributed by atoms with van der Waals surface area (Å²) in [5.74, 6) is 0.458. The van der Waals surface area contributed by atoms with Crippen molar-refractivity contribution in [1.29, 1.82) is 0 Å². The van der Waals surface area contributed by atoms with E-state index in [1.165, 1.54) is 5.56 Å². The van der Waals surface area contributed by atoms with Crippen LogP contribution >= 0.6 is 0 Å². The van der Waals surface area contributed by atoms with Gasteiger partial charge >= 0.3 is 6.09 Å². The molecular weight excluding hydrogens is 302 g/mol. The Labute approximate surface area is 143 Å². The second-order valence-corrected chi connectivity index (χ2v) is 6.09. The van der Waals surface area contributed by atoms with E-state index in [0.29, 0.717) is 12.3 Å². The van der Waals surface area contributed by atoms with Crippen LogP contribution in [0, 0.1) is 0 Å². The third-order valence-corrected chi connectivity index (χ3v) is 3.93. The summed E-state index contributed by atoms with van der Waals surface area (Å²) in [5.41, 5.74) is 3.14. The van der Waals surface area contributed by atoms with Crippen LogP contribution < -0.4 is 5.32 Å². The molecule has 1 atom stereocenters. The fraction of sp³-hybridized carbons (Fsp3) is 0.350. The predicted octanol–water partition coefficient (Wildman–Crippen LogP) is 4.16. The van der Waals surface area contributed by atoms with Crippen LogP contribution in [0.3, 0.4) is 0 Å². The molecule has 0 aromatic heterocycles. The average Bonchev–Trinajstić information content (AvgIpc) is 2.60. The quantitative estimate of drug-likeness (QED) is 0.803. The minimum absolute atomic E-state index is 0.00440. The normalized spacial score (nSPS) is 12.0. The number of carbonyl (C=O) groups excluding carboxylic acids is 1. The highest BCUT2D eigenvalue weighted by atomic mass is 16.5. The van der Waals surface area contributed by atoms with Gasteiger partial charge in [-0.3, -0.25) is 0 Å². The number of aliphatic hydroxyl groups excluding tert-OH is 1. The highest BCUT2D eigenvalue weighted by molar-refractivity contribution is 5.68. The van der Waals surface area contributed by atoms with E-state index in [1.54, 1.807) is 0 Å². The molecule has 1 unspecified atom stereocenters. The van der Waals surface area contributed by atoms with Crippen LogP contribution in [0.4, 0.5) is 4.79 Å². The molecule has 2 aromatic carbocycles. The zero-order valence-electron chi connectivity index (χ0n) is 14.2. The SMILES string of the molecule is CC(C)c1ccc(C(CCO)NC(=O)OCc2ccccc2)cc1. The monoisotopic (exact) mass is 327 g/mol. The highest BCUT2D eigenvalue weighted by Gasteiger charge is 2.15. The number of benzene rings is 2. The molecule has 0 aliphatic rings. The molecule has 0 saturated heterocycles. The predicted molar refractivity (Wildman–Crippen MR) is 94.7 cm³/mol. The van der Waals surface area contributed by atoms with E-state index in [0.717, 1.165) is 11.1 Å². The van der Waals surface area contributed by atoms with Crippen LogP contribution in [0.2, 0.25) is 0 Å². The van der Waals surface area contributed by atoms with Crippen LogP contribution in [-0.2, 0) is 11.3 Å². The molecule has 0 fully saturated rings. The third kappa shape index (κ3) is 5.39. The molecule has 24 heavy (non-hydrogen) atoms. The van der Waals surface area contributed by atoms with Gasteiger partial charge in [0.1, 0.15) is 6.61 Å². The first-order chi connectivity index (χ1) is 11.6. The third-order valence-electron chi connectivity index (χ3n) is 3.93. The Morgan fingerprint density at radius 1 is 1.04 bits per heavy atom. The maximum Gasteiger partial charge on any atom is 0.407 e. The van der Waals surface area contributed by atoms with Crippen molar-refractivity contribution in [2.75, 3.05) is 6.61 Å². The van der Waals surface area contributed by atoms with Crippen molar-refractivity contribution in [2.24, 2.45) is 0 Å². The summed E-state index contributed by atoms with van der Waals surface area (Å²) < 4.78 is 5.26. The summed E-state index contributed by atoms with van der Waals surface area (Å²) >= 11 is 0. The fourth-order valence-corrected chi connectivity index (χ4v) is 2.47. The molecule has 0 spiro atoms. The minimum atomic E-state index is -0.481. The van der Waals surface area contributed by atoms with Gasteiger partial charge in [-0.05, 0) is 29.0 Å². The molecular formula is C20H25NO3. The number of hydrogen-bond donors (Lipinski definition) is 2. The van der Waals surface area contributed by atoms with E-state index in [2.05, 4.69) is 31.3 Å². The Morgan fingerprint density at radius 3 is 2.25 bits per heavy atom. The minimum Gasteiger partial charge on any atom is -0.445 e. The van der Waals surface area contributed by atoms with Crippen LogP contribution in [0.5, 0.6) is 0 Å². The van der Waals surface area contributed by atoms with Crippen molar-refractivity contribution in [3.63, 3.8) is 0 Å². The number of aliphatic hydroxyl groups is 1. The van der Waals surface area contributed by atoms with Crippen molar-refractivity contribution >= 4 is 6.09 Å². The molecule has 0 radical (unpaired) electrons. The molecule has 2 aromatic rings. The number of hydrogen-bond acceptors (Lipinski definition) is 3. The molecule has 2 rings (SSSR count). The Morgan fingerprint density at radius 2 is 1.67 bits per heavy atom. The average molecular weight is 327 g/mol. The van der Waals surface area contributed by atoms with Gasteiger partial charge in [-0.15, -0.1) is 0 Å². The van der Waals surface area contributed by atoms with E-state index in [1.807, 2.05) is 42.5 Å². The number of ether oxygens (including phenoxy) is 1. The summed E-state index contributed by atoms with van der Waals surface area (Å²) in [4.78, 5) is 12.0. The maximum absolute atomic E-state index is 12.0. The lowest BCUT2D eigenvalue weighted by Gasteiger charge is -2.19. The zero-order valence-corrected chi connectivity index (χ0v) is 14.2. The molecule has 0 heterocycles. The molecule has 2 N–H and O–H groups in total.